The Kier molecular flexibility index (Phi) is 4.11. The summed E-state index contributed by atoms with van der Waals surface area (Å²) < 4.78 is 0. The van der Waals surface area contributed by atoms with Crippen LogP contribution in [0, 0.1) is 5.41 Å². The first-order valence-electron chi connectivity index (χ1n) is 7.27. The monoisotopic (exact) mass is 245 g/mol. The lowest BCUT2D eigenvalue weighted by atomic mass is 9.74. The first kappa shape index (κ1) is 13.6. The van der Waals surface area contributed by atoms with Gasteiger partial charge in [-0.1, -0.05) is 45.0 Å². The Bertz CT molecular complexity index is 389. The first-order valence-corrected chi connectivity index (χ1v) is 7.27. The Labute approximate surface area is 112 Å². The van der Waals surface area contributed by atoms with Crippen LogP contribution in [0.15, 0.2) is 24.3 Å². The van der Waals surface area contributed by atoms with E-state index in [1.165, 1.54) is 25.7 Å². The molecule has 2 rings (SSSR count). The highest BCUT2D eigenvalue weighted by Crippen LogP contribution is 2.37. The minimum Gasteiger partial charge on any atom is -0.316 e. The summed E-state index contributed by atoms with van der Waals surface area (Å²) in [5.74, 6) is 0.742. The maximum Gasteiger partial charge on any atom is 0.0118 e. The quantitative estimate of drug-likeness (QED) is 0.844. The highest BCUT2D eigenvalue weighted by molar-refractivity contribution is 5.32. The topological polar surface area (TPSA) is 12.0 Å². The number of rotatable bonds is 3. The van der Waals surface area contributed by atoms with Crippen LogP contribution in [0.2, 0.25) is 0 Å². The highest BCUT2D eigenvalue weighted by atomic mass is 14.9. The number of benzene rings is 1. The Balaban J connectivity index is 2.16. The summed E-state index contributed by atoms with van der Waals surface area (Å²) in [6.45, 7) is 7.01. The van der Waals surface area contributed by atoms with Crippen molar-refractivity contribution in [1.82, 2.24) is 5.32 Å². The van der Waals surface area contributed by atoms with Gasteiger partial charge in [0.2, 0.25) is 0 Å². The Hall–Kier alpha value is -0.820. The Morgan fingerprint density at radius 2 is 2.00 bits per heavy atom. The first-order chi connectivity index (χ1) is 8.52. The van der Waals surface area contributed by atoms with Crippen LogP contribution in [0.25, 0.3) is 0 Å². The van der Waals surface area contributed by atoms with Crippen molar-refractivity contribution in [2.45, 2.75) is 58.4 Å². The maximum absolute atomic E-state index is 3.52. The maximum atomic E-state index is 3.52. The second kappa shape index (κ2) is 5.44. The molecule has 2 unspecified atom stereocenters. The van der Waals surface area contributed by atoms with Gasteiger partial charge in [0.05, 0.1) is 0 Å². The lowest BCUT2D eigenvalue weighted by Gasteiger charge is -2.35. The molecule has 1 aromatic rings. The van der Waals surface area contributed by atoms with Crippen LogP contribution in [-0.4, -0.2) is 13.1 Å². The molecule has 0 amide bonds. The number of fused-ring (bicyclic) bond motifs is 1. The smallest absolute Gasteiger partial charge is 0.0118 e. The van der Waals surface area contributed by atoms with E-state index in [1.807, 2.05) is 0 Å². The van der Waals surface area contributed by atoms with E-state index in [-0.39, 0.29) is 0 Å². The van der Waals surface area contributed by atoms with Crippen LogP contribution in [0.5, 0.6) is 0 Å². The summed E-state index contributed by atoms with van der Waals surface area (Å²) in [5, 5.41) is 3.52. The number of hydrogen-bond donors (Lipinski definition) is 1. The van der Waals surface area contributed by atoms with Crippen molar-refractivity contribution >= 4 is 0 Å². The van der Waals surface area contributed by atoms with E-state index in [9.17, 15) is 0 Å². The van der Waals surface area contributed by atoms with Crippen molar-refractivity contribution < 1.29 is 0 Å². The summed E-state index contributed by atoms with van der Waals surface area (Å²) in [5.41, 5.74) is 3.52. The van der Waals surface area contributed by atoms with Gasteiger partial charge in [-0.3, -0.25) is 0 Å². The van der Waals surface area contributed by atoms with Crippen molar-refractivity contribution in [3.63, 3.8) is 0 Å². The molecule has 0 saturated carbocycles. The van der Waals surface area contributed by atoms with E-state index in [0.717, 1.165) is 5.92 Å². The molecule has 1 aliphatic rings. The molecule has 2 atom stereocenters. The van der Waals surface area contributed by atoms with Crippen LogP contribution >= 0.6 is 0 Å². The van der Waals surface area contributed by atoms with Crippen molar-refractivity contribution in [2.75, 3.05) is 7.05 Å². The zero-order valence-corrected chi connectivity index (χ0v) is 12.3. The standard InChI is InChI=1S/C17H27N/c1-17(2,3)16(18-4)12-14-10-7-9-13-8-5-6-11-15(13)14/h5-6,8,11,14,16,18H,7,9-10,12H2,1-4H3. The predicted molar refractivity (Wildman–Crippen MR) is 79.0 cm³/mol. The highest BCUT2D eigenvalue weighted by Gasteiger charge is 2.28. The van der Waals surface area contributed by atoms with Gasteiger partial charge in [-0.15, -0.1) is 0 Å². The molecule has 1 heteroatoms. The van der Waals surface area contributed by atoms with Crippen molar-refractivity contribution in [3.8, 4) is 0 Å². The zero-order chi connectivity index (χ0) is 13.2. The van der Waals surface area contributed by atoms with Gasteiger partial charge in [0.25, 0.3) is 0 Å². The summed E-state index contributed by atoms with van der Waals surface area (Å²) in [7, 11) is 2.10. The third-order valence-corrected chi connectivity index (χ3v) is 4.41. The summed E-state index contributed by atoms with van der Waals surface area (Å²) in [4.78, 5) is 0. The van der Waals surface area contributed by atoms with E-state index in [0.29, 0.717) is 11.5 Å². The van der Waals surface area contributed by atoms with Gasteiger partial charge in [-0.2, -0.15) is 0 Å². The van der Waals surface area contributed by atoms with Crippen LogP contribution in [0.1, 0.15) is 57.1 Å². The van der Waals surface area contributed by atoms with Crippen molar-refractivity contribution in [2.24, 2.45) is 5.41 Å². The molecule has 1 nitrogen and oxygen atoms in total. The van der Waals surface area contributed by atoms with E-state index < -0.39 is 0 Å². The van der Waals surface area contributed by atoms with E-state index in [1.54, 1.807) is 11.1 Å². The molecule has 0 aliphatic heterocycles. The third-order valence-electron chi connectivity index (χ3n) is 4.41. The second-order valence-electron chi connectivity index (χ2n) is 6.73. The largest absolute Gasteiger partial charge is 0.316 e. The van der Waals surface area contributed by atoms with Crippen LogP contribution in [-0.2, 0) is 6.42 Å². The van der Waals surface area contributed by atoms with Crippen molar-refractivity contribution in [3.05, 3.63) is 35.4 Å². The van der Waals surface area contributed by atoms with E-state index in [2.05, 4.69) is 57.4 Å². The molecule has 0 spiro atoms. The Morgan fingerprint density at radius 3 is 2.67 bits per heavy atom. The van der Waals surface area contributed by atoms with Crippen LogP contribution in [0.4, 0.5) is 0 Å². The van der Waals surface area contributed by atoms with Gasteiger partial charge in [-0.25, -0.2) is 0 Å². The molecule has 0 saturated heterocycles. The molecule has 1 aromatic carbocycles. The fourth-order valence-corrected chi connectivity index (χ4v) is 3.29. The molecular weight excluding hydrogens is 218 g/mol. The fraction of sp³-hybridized carbons (Fsp3) is 0.647. The SMILES string of the molecule is CNC(CC1CCCc2ccccc21)C(C)(C)C. The number of aryl methyl sites for hydroxylation is 1. The lowest BCUT2D eigenvalue weighted by Crippen LogP contribution is -2.39. The minimum atomic E-state index is 0.334. The molecular formula is C17H27N. The van der Waals surface area contributed by atoms with Gasteiger partial charge in [0, 0.05) is 6.04 Å². The van der Waals surface area contributed by atoms with Gasteiger partial charge < -0.3 is 5.32 Å². The molecule has 100 valence electrons. The number of nitrogens with one attached hydrogen (secondary N) is 1. The summed E-state index contributed by atoms with van der Waals surface area (Å²) >= 11 is 0. The zero-order valence-electron chi connectivity index (χ0n) is 12.3. The third kappa shape index (κ3) is 2.95. The normalized spacial score (nSPS) is 21.4. The average molecular weight is 245 g/mol. The molecule has 1 aliphatic carbocycles. The molecule has 0 fully saturated rings. The van der Waals surface area contributed by atoms with Gasteiger partial charge in [-0.05, 0) is 55.2 Å². The van der Waals surface area contributed by atoms with E-state index in [4.69, 9.17) is 0 Å². The average Bonchev–Trinajstić information content (AvgIpc) is 2.34. The second-order valence-corrected chi connectivity index (χ2v) is 6.73. The fourth-order valence-electron chi connectivity index (χ4n) is 3.29. The van der Waals surface area contributed by atoms with Crippen LogP contribution in [0.3, 0.4) is 0 Å². The molecule has 0 bridgehead atoms. The van der Waals surface area contributed by atoms with E-state index >= 15 is 0 Å². The molecule has 0 radical (unpaired) electrons. The summed E-state index contributed by atoms with van der Waals surface area (Å²) in [6.07, 6.45) is 5.23. The lowest BCUT2D eigenvalue weighted by molar-refractivity contribution is 0.248. The summed E-state index contributed by atoms with van der Waals surface area (Å²) in [6, 6.07) is 9.62. The molecule has 1 N–H and O–H groups in total. The predicted octanol–water partition coefficient (Wildman–Crippen LogP) is 4.13. The van der Waals surface area contributed by atoms with Crippen molar-refractivity contribution in [1.29, 1.82) is 0 Å². The van der Waals surface area contributed by atoms with Crippen LogP contribution < -0.4 is 5.32 Å². The minimum absolute atomic E-state index is 0.334. The molecule has 18 heavy (non-hydrogen) atoms. The van der Waals surface area contributed by atoms with Gasteiger partial charge >= 0.3 is 0 Å². The van der Waals surface area contributed by atoms with Gasteiger partial charge in [0.1, 0.15) is 0 Å². The Morgan fingerprint density at radius 1 is 1.28 bits per heavy atom. The number of hydrogen-bond acceptors (Lipinski definition) is 1. The molecule has 0 heterocycles. The van der Waals surface area contributed by atoms with Gasteiger partial charge in [0.15, 0.2) is 0 Å². The molecule has 0 aromatic heterocycles.